The molecule has 0 unspecified atom stereocenters. The number of pyridine rings is 1. The fourth-order valence-corrected chi connectivity index (χ4v) is 4.06. The van der Waals surface area contributed by atoms with E-state index in [2.05, 4.69) is 28.5 Å². The van der Waals surface area contributed by atoms with E-state index in [0.717, 1.165) is 16.6 Å². The number of fused-ring (bicyclic) bond motifs is 1. The summed E-state index contributed by atoms with van der Waals surface area (Å²) in [7, 11) is -3.85. The van der Waals surface area contributed by atoms with E-state index in [0.29, 0.717) is 5.92 Å². The van der Waals surface area contributed by atoms with E-state index < -0.39 is 22.0 Å². The number of sulfonamides is 1. The molecule has 0 radical (unpaired) electrons. The maximum atomic E-state index is 13.3. The van der Waals surface area contributed by atoms with Crippen molar-refractivity contribution in [2.24, 2.45) is 5.92 Å². The van der Waals surface area contributed by atoms with Crippen LogP contribution in [0.2, 0.25) is 0 Å². The summed E-state index contributed by atoms with van der Waals surface area (Å²) in [5, 5.41) is 0. The Morgan fingerprint density at radius 2 is 1.83 bits per heavy atom. The first-order chi connectivity index (χ1) is 13.6. The lowest BCUT2D eigenvalue weighted by atomic mass is 10.0. The number of imidazole rings is 1. The van der Waals surface area contributed by atoms with Gasteiger partial charge in [-0.3, -0.25) is 0 Å². The van der Waals surface area contributed by atoms with Gasteiger partial charge in [0.05, 0.1) is 4.90 Å². The summed E-state index contributed by atoms with van der Waals surface area (Å²) < 4.78 is 68.0. The van der Waals surface area contributed by atoms with Gasteiger partial charge in [0.2, 0.25) is 15.8 Å². The highest BCUT2D eigenvalue weighted by molar-refractivity contribution is 7.89. The second-order valence-corrected chi connectivity index (χ2v) is 8.84. The first kappa shape index (κ1) is 21.3. The highest BCUT2D eigenvalue weighted by atomic mass is 32.2. The summed E-state index contributed by atoms with van der Waals surface area (Å²) in [5.74, 6) is -0.666. The van der Waals surface area contributed by atoms with Crippen LogP contribution in [-0.4, -0.2) is 29.5 Å². The van der Waals surface area contributed by atoms with Crippen LogP contribution in [0.4, 0.5) is 13.2 Å². The molecule has 3 aromatic rings. The minimum absolute atomic E-state index is 0.0528. The molecule has 156 valence electrons. The predicted molar refractivity (Wildman–Crippen MR) is 103 cm³/mol. The van der Waals surface area contributed by atoms with Crippen molar-refractivity contribution in [2.75, 3.05) is 6.54 Å². The van der Waals surface area contributed by atoms with Gasteiger partial charge in [-0.05, 0) is 42.2 Å². The Morgan fingerprint density at radius 1 is 1.14 bits per heavy atom. The smallest absolute Gasteiger partial charge is 0.304 e. The van der Waals surface area contributed by atoms with Gasteiger partial charge >= 0.3 is 6.18 Å². The third-order valence-corrected chi connectivity index (χ3v) is 5.74. The zero-order valence-corrected chi connectivity index (χ0v) is 16.8. The molecule has 1 aromatic carbocycles. The van der Waals surface area contributed by atoms with Gasteiger partial charge < -0.3 is 4.57 Å². The number of nitrogens with zero attached hydrogens (tertiary/aromatic N) is 3. The van der Waals surface area contributed by atoms with Crippen LogP contribution in [0.15, 0.2) is 47.5 Å². The molecule has 2 heterocycles. The summed E-state index contributed by atoms with van der Waals surface area (Å²) in [5.41, 5.74) is 1.17. The van der Waals surface area contributed by atoms with Crippen molar-refractivity contribution in [1.82, 2.24) is 19.3 Å². The zero-order valence-electron chi connectivity index (χ0n) is 15.9. The zero-order chi connectivity index (χ0) is 21.2. The average molecular weight is 426 g/mol. The minimum atomic E-state index is -4.67. The van der Waals surface area contributed by atoms with Crippen LogP contribution < -0.4 is 4.72 Å². The molecule has 0 aliphatic carbocycles. The van der Waals surface area contributed by atoms with Crippen LogP contribution in [-0.2, 0) is 29.2 Å². The number of aromatic nitrogens is 3. The Morgan fingerprint density at radius 3 is 2.45 bits per heavy atom. The van der Waals surface area contributed by atoms with E-state index in [1.165, 1.54) is 30.5 Å². The lowest BCUT2D eigenvalue weighted by molar-refractivity contribution is -0.146. The highest BCUT2D eigenvalue weighted by Gasteiger charge is 2.37. The van der Waals surface area contributed by atoms with Crippen LogP contribution in [0.25, 0.3) is 11.2 Å². The van der Waals surface area contributed by atoms with Crippen LogP contribution in [0.5, 0.6) is 0 Å². The van der Waals surface area contributed by atoms with Gasteiger partial charge in [-0.15, -0.1) is 0 Å². The third kappa shape index (κ3) is 4.94. The fourth-order valence-electron chi connectivity index (χ4n) is 3.04. The summed E-state index contributed by atoms with van der Waals surface area (Å²) in [6.45, 7) is 3.64. The Balaban J connectivity index is 1.75. The van der Waals surface area contributed by atoms with Crippen molar-refractivity contribution >= 4 is 21.2 Å². The van der Waals surface area contributed by atoms with Crippen molar-refractivity contribution < 1.29 is 21.6 Å². The van der Waals surface area contributed by atoms with E-state index in [1.54, 1.807) is 12.1 Å². The van der Waals surface area contributed by atoms with E-state index in [9.17, 15) is 21.6 Å². The van der Waals surface area contributed by atoms with E-state index in [4.69, 9.17) is 0 Å². The van der Waals surface area contributed by atoms with Gasteiger partial charge in [0.25, 0.3) is 0 Å². The van der Waals surface area contributed by atoms with Crippen LogP contribution >= 0.6 is 0 Å². The normalized spacial score (nSPS) is 12.8. The van der Waals surface area contributed by atoms with Crippen LogP contribution in [0, 0.1) is 5.92 Å². The van der Waals surface area contributed by atoms with E-state index in [1.807, 2.05) is 0 Å². The molecule has 1 N–H and O–H groups in total. The number of hydrogen-bond donors (Lipinski definition) is 1. The van der Waals surface area contributed by atoms with Crippen molar-refractivity contribution in [1.29, 1.82) is 0 Å². The number of alkyl halides is 3. The monoisotopic (exact) mass is 426 g/mol. The van der Waals surface area contributed by atoms with Crippen LogP contribution in [0.1, 0.15) is 25.2 Å². The maximum Gasteiger partial charge on any atom is 0.449 e. The van der Waals surface area contributed by atoms with Gasteiger partial charge in [-0.1, -0.05) is 26.0 Å². The first-order valence-electron chi connectivity index (χ1n) is 9.05. The summed E-state index contributed by atoms with van der Waals surface area (Å²) in [4.78, 5) is 7.60. The lowest BCUT2D eigenvalue weighted by Gasteiger charge is -2.12. The van der Waals surface area contributed by atoms with Crippen molar-refractivity contribution in [3.05, 3.63) is 54.0 Å². The molecule has 0 atom stereocenters. The number of benzene rings is 1. The number of nitrogens with one attached hydrogen (secondary N) is 1. The molecule has 0 aliphatic rings. The molecule has 6 nitrogen and oxygen atoms in total. The van der Waals surface area contributed by atoms with Gasteiger partial charge in [0.1, 0.15) is 5.52 Å². The summed E-state index contributed by atoms with van der Waals surface area (Å²) >= 11 is 0. The largest absolute Gasteiger partial charge is 0.449 e. The molecule has 10 heteroatoms. The topological polar surface area (TPSA) is 76.9 Å². The number of hydrogen-bond acceptors (Lipinski definition) is 4. The Labute approximate surface area is 166 Å². The molecule has 0 fully saturated rings. The molecular formula is C19H21F3N4O2S. The molecule has 0 saturated heterocycles. The van der Waals surface area contributed by atoms with Crippen molar-refractivity contribution in [3.63, 3.8) is 0 Å². The van der Waals surface area contributed by atoms with Crippen molar-refractivity contribution in [2.45, 2.75) is 37.9 Å². The number of rotatable bonds is 7. The summed E-state index contributed by atoms with van der Waals surface area (Å²) in [6, 6.07) is 9.39. The third-order valence-electron chi connectivity index (χ3n) is 4.26. The van der Waals surface area contributed by atoms with E-state index in [-0.39, 0.29) is 29.1 Å². The Hall–Kier alpha value is -2.46. The van der Waals surface area contributed by atoms with Gasteiger partial charge in [-0.25, -0.2) is 23.1 Å². The minimum Gasteiger partial charge on any atom is -0.304 e. The fraction of sp³-hybridized carbons (Fsp3) is 0.368. The lowest BCUT2D eigenvalue weighted by Crippen LogP contribution is -2.28. The standard InChI is InChI=1S/C19H21F3N4O2S/c1-13(2)12-14-5-7-15(8-6-14)29(27,28)24-10-11-26-17-16(4-3-9-23-17)25-18(26)19(20,21)22/h3-9,13,24H,10-12H2,1-2H3. The number of halogens is 3. The molecule has 0 aliphatic heterocycles. The molecule has 2 aromatic heterocycles. The van der Waals surface area contributed by atoms with Gasteiger partial charge in [0, 0.05) is 19.3 Å². The van der Waals surface area contributed by atoms with Gasteiger partial charge in [0.15, 0.2) is 5.65 Å². The van der Waals surface area contributed by atoms with E-state index >= 15 is 0 Å². The molecule has 3 rings (SSSR count). The molecule has 0 spiro atoms. The first-order valence-corrected chi connectivity index (χ1v) is 10.5. The highest BCUT2D eigenvalue weighted by Crippen LogP contribution is 2.30. The Kier molecular flexibility index (Phi) is 5.95. The second-order valence-electron chi connectivity index (χ2n) is 7.07. The molecular weight excluding hydrogens is 405 g/mol. The molecule has 0 bridgehead atoms. The summed E-state index contributed by atoms with van der Waals surface area (Å²) in [6.07, 6.45) is -2.48. The van der Waals surface area contributed by atoms with Crippen LogP contribution in [0.3, 0.4) is 0 Å². The molecule has 0 amide bonds. The average Bonchev–Trinajstić information content (AvgIpc) is 3.01. The van der Waals surface area contributed by atoms with Gasteiger partial charge in [-0.2, -0.15) is 13.2 Å². The quantitative estimate of drug-likeness (QED) is 0.626. The molecule has 0 saturated carbocycles. The van der Waals surface area contributed by atoms with Crippen molar-refractivity contribution in [3.8, 4) is 0 Å². The SMILES string of the molecule is CC(C)Cc1ccc(S(=O)(=O)NCCn2c(C(F)(F)F)nc3cccnc32)cc1. The maximum absolute atomic E-state index is 13.3. The Bertz CT molecular complexity index is 1090. The molecule has 29 heavy (non-hydrogen) atoms. The second kappa shape index (κ2) is 8.11. The predicted octanol–water partition coefficient (Wildman–Crippen LogP) is 3.63.